The van der Waals surface area contributed by atoms with Crippen LogP contribution in [0.2, 0.25) is 0 Å². The first-order valence-electron chi connectivity index (χ1n) is 5.62. The Morgan fingerprint density at radius 3 is 3.06 bits per heavy atom. The lowest BCUT2D eigenvalue weighted by atomic mass is 10.2. The van der Waals surface area contributed by atoms with E-state index in [0.29, 0.717) is 19.8 Å². The molecule has 0 radical (unpaired) electrons. The van der Waals surface area contributed by atoms with E-state index in [9.17, 15) is 13.6 Å². The maximum atomic E-state index is 11.7. The van der Waals surface area contributed by atoms with Crippen molar-refractivity contribution in [3.05, 3.63) is 0 Å². The summed E-state index contributed by atoms with van der Waals surface area (Å²) in [5, 5.41) is 5.88. The van der Waals surface area contributed by atoms with E-state index in [4.69, 9.17) is 4.74 Å². The van der Waals surface area contributed by atoms with Crippen molar-refractivity contribution in [2.45, 2.75) is 18.9 Å². The summed E-state index contributed by atoms with van der Waals surface area (Å²) in [7, 11) is 0. The highest BCUT2D eigenvalue weighted by Gasteiger charge is 2.13. The molecule has 0 aromatic carbocycles. The van der Waals surface area contributed by atoms with Crippen LogP contribution in [0.5, 0.6) is 0 Å². The lowest BCUT2D eigenvalue weighted by molar-refractivity contribution is -0.122. The summed E-state index contributed by atoms with van der Waals surface area (Å²) in [5.41, 5.74) is 0. The topological polar surface area (TPSA) is 59.6 Å². The van der Waals surface area contributed by atoms with Gasteiger partial charge in [-0.25, -0.2) is 8.78 Å². The second-order valence-electron chi connectivity index (χ2n) is 3.75. The number of carbonyl (C=O) groups excluding carboxylic acids is 1. The van der Waals surface area contributed by atoms with Gasteiger partial charge in [-0.3, -0.25) is 4.79 Å². The van der Waals surface area contributed by atoms with Crippen LogP contribution in [-0.2, 0) is 14.3 Å². The molecule has 0 aromatic rings. The van der Waals surface area contributed by atoms with Crippen molar-refractivity contribution in [2.24, 2.45) is 0 Å². The number of amides is 1. The Morgan fingerprint density at radius 1 is 1.59 bits per heavy atom. The number of hydrogen-bond donors (Lipinski definition) is 2. The van der Waals surface area contributed by atoms with Gasteiger partial charge in [-0.05, 0) is 0 Å². The quantitative estimate of drug-likeness (QED) is 0.614. The van der Waals surface area contributed by atoms with Gasteiger partial charge >= 0.3 is 0 Å². The third-order valence-corrected chi connectivity index (χ3v) is 2.26. The van der Waals surface area contributed by atoms with E-state index >= 15 is 0 Å². The normalized spacial score (nSPS) is 20.5. The van der Waals surface area contributed by atoms with E-state index in [-0.39, 0.29) is 25.0 Å². The van der Waals surface area contributed by atoms with E-state index in [0.717, 1.165) is 6.54 Å². The first-order chi connectivity index (χ1) is 8.18. The molecule has 1 rings (SSSR count). The lowest BCUT2D eigenvalue weighted by Gasteiger charge is -2.23. The van der Waals surface area contributed by atoms with Gasteiger partial charge in [-0.15, -0.1) is 0 Å². The molecule has 1 saturated heterocycles. The summed E-state index contributed by atoms with van der Waals surface area (Å²) in [6.07, 6.45) is -2.39. The molecule has 17 heavy (non-hydrogen) atoms. The molecule has 1 aliphatic rings. The summed E-state index contributed by atoms with van der Waals surface area (Å²) in [5.74, 6) is -0.202. The zero-order valence-electron chi connectivity index (χ0n) is 9.59. The predicted molar refractivity (Wildman–Crippen MR) is 57.1 cm³/mol. The summed E-state index contributed by atoms with van der Waals surface area (Å²) >= 11 is 0. The van der Waals surface area contributed by atoms with E-state index in [1.807, 2.05) is 0 Å². The summed E-state index contributed by atoms with van der Waals surface area (Å²) < 4.78 is 33.2. The first-order valence-corrected chi connectivity index (χ1v) is 5.62. The maximum Gasteiger partial charge on any atom is 0.261 e. The van der Waals surface area contributed by atoms with Crippen LogP contribution in [0.25, 0.3) is 0 Å². The maximum absolute atomic E-state index is 11.7. The Kier molecular flexibility index (Phi) is 6.99. The van der Waals surface area contributed by atoms with E-state index in [1.54, 1.807) is 0 Å². The average molecular weight is 252 g/mol. The van der Waals surface area contributed by atoms with Crippen molar-refractivity contribution >= 4 is 5.91 Å². The SMILES string of the molecule is O=C(CCOCC(F)F)NCC1COCCN1. The van der Waals surface area contributed by atoms with E-state index in [1.165, 1.54) is 0 Å². The summed E-state index contributed by atoms with van der Waals surface area (Å²) in [6, 6.07) is 0.120. The third kappa shape index (κ3) is 7.19. The van der Waals surface area contributed by atoms with Crippen molar-refractivity contribution < 1.29 is 23.0 Å². The molecular weight excluding hydrogens is 234 g/mol. The smallest absolute Gasteiger partial charge is 0.261 e. The molecular formula is C10H18F2N2O3. The van der Waals surface area contributed by atoms with Crippen LogP contribution in [0.15, 0.2) is 0 Å². The van der Waals surface area contributed by atoms with Gasteiger partial charge in [0.2, 0.25) is 5.91 Å². The molecule has 1 amide bonds. The van der Waals surface area contributed by atoms with Crippen LogP contribution in [0.1, 0.15) is 6.42 Å². The van der Waals surface area contributed by atoms with Crippen LogP contribution in [0, 0.1) is 0 Å². The molecule has 1 fully saturated rings. The van der Waals surface area contributed by atoms with Crippen LogP contribution < -0.4 is 10.6 Å². The standard InChI is InChI=1S/C10H18F2N2O3/c11-9(12)7-16-3-1-10(15)14-5-8-6-17-4-2-13-8/h8-9,13H,1-7H2,(H,14,15). The minimum Gasteiger partial charge on any atom is -0.378 e. The molecule has 5 nitrogen and oxygen atoms in total. The van der Waals surface area contributed by atoms with Gasteiger partial charge in [0.1, 0.15) is 6.61 Å². The van der Waals surface area contributed by atoms with E-state index in [2.05, 4.69) is 15.4 Å². The number of ether oxygens (including phenoxy) is 2. The Balaban J connectivity index is 1.96. The van der Waals surface area contributed by atoms with Crippen LogP contribution in [-0.4, -0.2) is 57.9 Å². The highest BCUT2D eigenvalue weighted by atomic mass is 19.3. The molecule has 1 unspecified atom stereocenters. The minimum absolute atomic E-state index is 0.0186. The third-order valence-electron chi connectivity index (χ3n) is 2.26. The van der Waals surface area contributed by atoms with Crippen LogP contribution >= 0.6 is 0 Å². The molecule has 0 saturated carbocycles. The molecule has 0 aliphatic carbocycles. The van der Waals surface area contributed by atoms with Crippen molar-refractivity contribution in [1.82, 2.24) is 10.6 Å². The second-order valence-corrected chi connectivity index (χ2v) is 3.75. The molecule has 0 aromatic heterocycles. The highest BCUT2D eigenvalue weighted by molar-refractivity contribution is 5.75. The van der Waals surface area contributed by atoms with Gasteiger partial charge in [0.15, 0.2) is 0 Å². The Morgan fingerprint density at radius 2 is 2.41 bits per heavy atom. The van der Waals surface area contributed by atoms with Gasteiger partial charge in [0.25, 0.3) is 6.43 Å². The summed E-state index contributed by atoms with van der Waals surface area (Å²) in [6.45, 7) is 1.91. The molecule has 1 atom stereocenters. The number of alkyl halides is 2. The fourth-order valence-electron chi connectivity index (χ4n) is 1.41. The second kappa shape index (κ2) is 8.32. The molecule has 100 valence electrons. The number of halogens is 2. The van der Waals surface area contributed by atoms with Crippen molar-refractivity contribution in [3.63, 3.8) is 0 Å². The number of carbonyl (C=O) groups is 1. The monoisotopic (exact) mass is 252 g/mol. The molecule has 0 bridgehead atoms. The Labute approximate surface area is 98.8 Å². The zero-order valence-corrected chi connectivity index (χ0v) is 9.59. The minimum atomic E-state index is -2.48. The largest absolute Gasteiger partial charge is 0.378 e. The average Bonchev–Trinajstić information content (AvgIpc) is 2.33. The van der Waals surface area contributed by atoms with Gasteiger partial charge < -0.3 is 20.1 Å². The molecule has 2 N–H and O–H groups in total. The van der Waals surface area contributed by atoms with Crippen molar-refractivity contribution in [1.29, 1.82) is 0 Å². The predicted octanol–water partition coefficient (Wildman–Crippen LogP) is -0.237. The number of rotatable bonds is 7. The van der Waals surface area contributed by atoms with Gasteiger partial charge in [0.05, 0.1) is 19.8 Å². The fraction of sp³-hybridized carbons (Fsp3) is 0.900. The number of morpholine rings is 1. The molecule has 1 heterocycles. The highest BCUT2D eigenvalue weighted by Crippen LogP contribution is 1.94. The first kappa shape index (κ1) is 14.3. The van der Waals surface area contributed by atoms with Gasteiger partial charge in [0, 0.05) is 25.6 Å². The number of nitrogens with one attached hydrogen (secondary N) is 2. The molecule has 7 heteroatoms. The molecule has 1 aliphatic heterocycles. The van der Waals surface area contributed by atoms with Crippen molar-refractivity contribution in [2.75, 3.05) is 39.5 Å². The number of hydrogen-bond acceptors (Lipinski definition) is 4. The zero-order chi connectivity index (χ0) is 12.5. The van der Waals surface area contributed by atoms with E-state index < -0.39 is 13.0 Å². The summed E-state index contributed by atoms with van der Waals surface area (Å²) in [4.78, 5) is 11.3. The lowest BCUT2D eigenvalue weighted by Crippen LogP contribution is -2.48. The van der Waals surface area contributed by atoms with Gasteiger partial charge in [-0.1, -0.05) is 0 Å². The van der Waals surface area contributed by atoms with Crippen LogP contribution in [0.4, 0.5) is 8.78 Å². The Bertz CT molecular complexity index is 224. The van der Waals surface area contributed by atoms with Crippen molar-refractivity contribution in [3.8, 4) is 0 Å². The molecule has 0 spiro atoms. The Hall–Kier alpha value is -0.790. The van der Waals surface area contributed by atoms with Crippen LogP contribution in [0.3, 0.4) is 0 Å². The fourth-order valence-corrected chi connectivity index (χ4v) is 1.41. The van der Waals surface area contributed by atoms with Gasteiger partial charge in [-0.2, -0.15) is 0 Å².